The van der Waals surface area contributed by atoms with E-state index >= 15 is 0 Å². The minimum Gasteiger partial charge on any atom is -0.309 e. The van der Waals surface area contributed by atoms with Crippen LogP contribution in [0.15, 0.2) is 182 Å². The van der Waals surface area contributed by atoms with E-state index in [4.69, 9.17) is 0 Å². The Morgan fingerprint density at radius 2 is 0.830 bits per heavy atom. The quantitative estimate of drug-likeness (QED) is 0.176. The van der Waals surface area contributed by atoms with Crippen molar-refractivity contribution in [2.45, 2.75) is 19.3 Å². The van der Waals surface area contributed by atoms with Crippen molar-refractivity contribution in [2.75, 3.05) is 0 Å². The number of nitrogens with zero attached hydrogens (tertiary/aromatic N) is 2. The topological polar surface area (TPSA) is 9.86 Å². The van der Waals surface area contributed by atoms with Gasteiger partial charge in [-0.25, -0.2) is 0 Å². The fourth-order valence-corrected chi connectivity index (χ4v) is 9.11. The van der Waals surface area contributed by atoms with E-state index in [2.05, 4.69) is 205 Å². The maximum absolute atomic E-state index is 2.49. The van der Waals surface area contributed by atoms with Crippen LogP contribution in [0.25, 0.3) is 88.4 Å². The van der Waals surface area contributed by atoms with E-state index in [1.165, 1.54) is 93.8 Å². The summed E-state index contributed by atoms with van der Waals surface area (Å²) in [6.45, 7) is 4.75. The van der Waals surface area contributed by atoms with Gasteiger partial charge < -0.3 is 9.13 Å². The van der Waals surface area contributed by atoms with Crippen molar-refractivity contribution in [3.05, 3.63) is 193 Å². The molecule has 10 aromatic rings. The van der Waals surface area contributed by atoms with Gasteiger partial charge in [0.1, 0.15) is 0 Å². The summed E-state index contributed by atoms with van der Waals surface area (Å²) in [5.41, 5.74) is 17.5. The molecular weight excluding hydrogens is 641 g/mol. The van der Waals surface area contributed by atoms with Crippen LogP contribution >= 0.6 is 0 Å². The Morgan fingerprint density at radius 3 is 1.57 bits per heavy atom. The average Bonchev–Trinajstić information content (AvgIpc) is 3.80. The monoisotopic (exact) mass is 676 g/mol. The minimum absolute atomic E-state index is 0.0819. The van der Waals surface area contributed by atoms with Crippen LogP contribution in [0.3, 0.4) is 0 Å². The average molecular weight is 677 g/mol. The van der Waals surface area contributed by atoms with Gasteiger partial charge in [0.05, 0.1) is 22.1 Å². The molecule has 250 valence electrons. The van der Waals surface area contributed by atoms with Gasteiger partial charge in [0.2, 0.25) is 0 Å². The molecule has 8 aromatic carbocycles. The van der Waals surface area contributed by atoms with Crippen LogP contribution in [0.1, 0.15) is 25.0 Å². The van der Waals surface area contributed by atoms with Crippen molar-refractivity contribution in [1.29, 1.82) is 0 Å². The molecule has 2 nitrogen and oxygen atoms in total. The van der Waals surface area contributed by atoms with Crippen molar-refractivity contribution in [1.82, 2.24) is 9.13 Å². The van der Waals surface area contributed by atoms with E-state index in [-0.39, 0.29) is 5.41 Å². The van der Waals surface area contributed by atoms with E-state index in [0.717, 1.165) is 5.69 Å². The van der Waals surface area contributed by atoms with Gasteiger partial charge in [-0.05, 0) is 111 Å². The zero-order valence-corrected chi connectivity index (χ0v) is 29.7. The van der Waals surface area contributed by atoms with Gasteiger partial charge in [-0.2, -0.15) is 0 Å². The first-order valence-corrected chi connectivity index (χ1v) is 18.5. The molecule has 0 saturated heterocycles. The van der Waals surface area contributed by atoms with E-state index in [9.17, 15) is 0 Å². The van der Waals surface area contributed by atoms with Crippen LogP contribution in [0.2, 0.25) is 0 Å². The molecule has 1 aliphatic rings. The summed E-state index contributed by atoms with van der Waals surface area (Å²) >= 11 is 0. The molecule has 0 spiro atoms. The Kier molecular flexibility index (Phi) is 6.33. The highest BCUT2D eigenvalue weighted by Gasteiger charge is 2.36. The number of benzene rings is 8. The maximum atomic E-state index is 2.49. The van der Waals surface area contributed by atoms with Crippen molar-refractivity contribution in [3.8, 4) is 44.8 Å². The van der Waals surface area contributed by atoms with Gasteiger partial charge in [0, 0.05) is 38.3 Å². The fraction of sp³-hybridized carbons (Fsp3) is 0.0588. The predicted molar refractivity (Wildman–Crippen MR) is 224 cm³/mol. The molecule has 0 radical (unpaired) electrons. The van der Waals surface area contributed by atoms with Crippen molar-refractivity contribution in [3.63, 3.8) is 0 Å². The summed E-state index contributed by atoms with van der Waals surface area (Å²) in [7, 11) is 0. The summed E-state index contributed by atoms with van der Waals surface area (Å²) in [5, 5.41) is 5.09. The lowest BCUT2D eigenvalue weighted by Crippen LogP contribution is -2.14. The molecule has 11 rings (SSSR count). The lowest BCUT2D eigenvalue weighted by Gasteiger charge is -2.21. The molecule has 1 aliphatic carbocycles. The van der Waals surface area contributed by atoms with Gasteiger partial charge >= 0.3 is 0 Å². The molecule has 53 heavy (non-hydrogen) atoms. The van der Waals surface area contributed by atoms with E-state index < -0.39 is 0 Å². The number of para-hydroxylation sites is 2. The number of aromatic nitrogens is 2. The SMILES string of the molecule is CC1(C)c2ccccc2-c2cc3c(cc21)c1cc(-c2ccc4c(c2)c2ccccc2n4-c2ccccc2)ccc1n3-c1ccc(-c2ccccc2)cc1. The third-order valence-corrected chi connectivity index (χ3v) is 11.7. The molecule has 0 aliphatic heterocycles. The highest BCUT2D eigenvalue weighted by molar-refractivity contribution is 6.14. The zero-order chi connectivity index (χ0) is 35.3. The Morgan fingerprint density at radius 1 is 0.321 bits per heavy atom. The first-order valence-electron chi connectivity index (χ1n) is 18.5. The highest BCUT2D eigenvalue weighted by Crippen LogP contribution is 2.51. The molecule has 0 fully saturated rings. The lowest BCUT2D eigenvalue weighted by atomic mass is 9.82. The zero-order valence-electron chi connectivity index (χ0n) is 29.7. The minimum atomic E-state index is -0.0819. The van der Waals surface area contributed by atoms with Crippen LogP contribution in [-0.4, -0.2) is 9.13 Å². The van der Waals surface area contributed by atoms with Crippen LogP contribution < -0.4 is 0 Å². The van der Waals surface area contributed by atoms with Gasteiger partial charge in [-0.15, -0.1) is 0 Å². The Hall–Kier alpha value is -6.64. The molecular formula is C51H36N2. The first-order chi connectivity index (χ1) is 26.0. The van der Waals surface area contributed by atoms with Crippen LogP contribution in [0, 0.1) is 0 Å². The maximum Gasteiger partial charge on any atom is 0.0547 e. The lowest BCUT2D eigenvalue weighted by molar-refractivity contribution is 0.661. The third kappa shape index (κ3) is 4.39. The molecule has 0 saturated carbocycles. The predicted octanol–water partition coefficient (Wildman–Crippen LogP) is 13.5. The Bertz CT molecular complexity index is 3050. The van der Waals surface area contributed by atoms with E-state index in [1.54, 1.807) is 0 Å². The Balaban J connectivity index is 1.14. The van der Waals surface area contributed by atoms with Crippen LogP contribution in [-0.2, 0) is 5.41 Å². The van der Waals surface area contributed by atoms with Gasteiger partial charge in [-0.1, -0.05) is 129 Å². The number of fused-ring (bicyclic) bond motifs is 9. The van der Waals surface area contributed by atoms with E-state index in [0.29, 0.717) is 0 Å². The Labute approximate surface area is 308 Å². The van der Waals surface area contributed by atoms with Crippen molar-refractivity contribution < 1.29 is 0 Å². The van der Waals surface area contributed by atoms with Crippen LogP contribution in [0.4, 0.5) is 0 Å². The second-order valence-corrected chi connectivity index (χ2v) is 15.0. The largest absolute Gasteiger partial charge is 0.309 e. The summed E-state index contributed by atoms with van der Waals surface area (Å²) in [6, 6.07) is 67.1. The number of hydrogen-bond acceptors (Lipinski definition) is 0. The van der Waals surface area contributed by atoms with Crippen molar-refractivity contribution in [2.24, 2.45) is 0 Å². The molecule has 2 heteroatoms. The number of hydrogen-bond donors (Lipinski definition) is 0. The first kappa shape index (κ1) is 30.0. The van der Waals surface area contributed by atoms with Crippen molar-refractivity contribution >= 4 is 43.6 Å². The molecule has 0 bridgehead atoms. The van der Waals surface area contributed by atoms with Gasteiger partial charge in [-0.3, -0.25) is 0 Å². The smallest absolute Gasteiger partial charge is 0.0547 e. The molecule has 2 heterocycles. The molecule has 0 N–H and O–H groups in total. The molecule has 0 unspecified atom stereocenters. The highest BCUT2D eigenvalue weighted by atomic mass is 15.0. The molecule has 2 aromatic heterocycles. The van der Waals surface area contributed by atoms with E-state index in [1.807, 2.05) is 0 Å². The summed E-state index contributed by atoms with van der Waals surface area (Å²) in [5.74, 6) is 0. The summed E-state index contributed by atoms with van der Waals surface area (Å²) in [4.78, 5) is 0. The van der Waals surface area contributed by atoms with Gasteiger partial charge in [0.15, 0.2) is 0 Å². The molecule has 0 amide bonds. The third-order valence-electron chi connectivity index (χ3n) is 11.7. The second kappa shape index (κ2) is 11.2. The van der Waals surface area contributed by atoms with Gasteiger partial charge in [0.25, 0.3) is 0 Å². The standard InChI is InChI=1S/C51H36N2/c1-51(2)45-19-11-9-17-39(45)41-32-50-44(31-46(41)51)43-30-36(24-28-49(43)53(50)38-25-21-34(22-26-38)33-13-5-3-6-14-33)35-23-27-48-42(29-35)40-18-10-12-20-47(40)52(48)37-15-7-4-8-16-37/h3-32H,1-2H3. The summed E-state index contributed by atoms with van der Waals surface area (Å²) < 4.78 is 4.85. The number of rotatable bonds is 4. The van der Waals surface area contributed by atoms with Crippen LogP contribution in [0.5, 0.6) is 0 Å². The molecule has 0 atom stereocenters. The normalized spacial score (nSPS) is 13.2. The summed E-state index contributed by atoms with van der Waals surface area (Å²) in [6.07, 6.45) is 0. The second-order valence-electron chi connectivity index (χ2n) is 15.0. The fourth-order valence-electron chi connectivity index (χ4n) is 9.11.